The van der Waals surface area contributed by atoms with E-state index in [2.05, 4.69) is 0 Å². The van der Waals surface area contributed by atoms with E-state index >= 15 is 0 Å². The quantitative estimate of drug-likeness (QED) is 0.572. The summed E-state index contributed by atoms with van der Waals surface area (Å²) in [4.78, 5) is 23.2. The number of esters is 1. The number of ether oxygens (including phenoxy) is 2. The van der Waals surface area contributed by atoms with Crippen molar-refractivity contribution < 1.29 is 19.1 Å². The molecule has 98 valence electrons. The van der Waals surface area contributed by atoms with Crippen LogP contribution in [0.1, 0.15) is 19.4 Å². The second kappa shape index (κ2) is 6.79. The number of carbonyl (C=O) groups is 2. The van der Waals surface area contributed by atoms with E-state index in [-0.39, 0.29) is 12.4 Å². The molecule has 0 bridgehead atoms. The predicted molar refractivity (Wildman–Crippen MR) is 67.5 cm³/mol. The first-order chi connectivity index (χ1) is 8.58. The highest BCUT2D eigenvalue weighted by Crippen LogP contribution is 2.17. The molecule has 1 aromatic rings. The highest BCUT2D eigenvalue weighted by atomic mass is 16.5. The van der Waals surface area contributed by atoms with Gasteiger partial charge in [-0.15, -0.1) is 0 Å². The largest absolute Gasteiger partial charge is 0.497 e. The van der Waals surface area contributed by atoms with Gasteiger partial charge in [0.1, 0.15) is 17.5 Å². The summed E-state index contributed by atoms with van der Waals surface area (Å²) < 4.78 is 10.0. The average Bonchev–Trinajstić information content (AvgIpc) is 2.36. The Morgan fingerprint density at radius 1 is 1.33 bits per heavy atom. The Morgan fingerprint density at radius 3 is 2.61 bits per heavy atom. The molecule has 0 aliphatic rings. The van der Waals surface area contributed by atoms with Gasteiger partial charge in [0.25, 0.3) is 0 Å². The summed E-state index contributed by atoms with van der Waals surface area (Å²) in [5.41, 5.74) is 0.877. The van der Waals surface area contributed by atoms with Crippen molar-refractivity contribution in [1.29, 1.82) is 0 Å². The van der Waals surface area contributed by atoms with Gasteiger partial charge in [-0.05, 0) is 38.0 Å². The Bertz CT molecular complexity index is 426. The van der Waals surface area contributed by atoms with Gasteiger partial charge in [0.05, 0.1) is 13.7 Å². The predicted octanol–water partition coefficient (Wildman–Crippen LogP) is 2.01. The Morgan fingerprint density at radius 2 is 2.06 bits per heavy atom. The molecule has 1 rings (SSSR count). The van der Waals surface area contributed by atoms with Gasteiger partial charge in [0.2, 0.25) is 0 Å². The zero-order valence-electron chi connectivity index (χ0n) is 10.9. The monoisotopic (exact) mass is 250 g/mol. The molecule has 1 unspecified atom stereocenters. The first-order valence-electron chi connectivity index (χ1n) is 5.88. The normalized spacial score (nSPS) is 11.7. The first-order valence-corrected chi connectivity index (χ1v) is 5.88. The number of Topliss-reactive ketones (excluding diaryl/α,β-unsaturated/α-hetero) is 1. The van der Waals surface area contributed by atoms with Crippen molar-refractivity contribution in [3.05, 3.63) is 29.8 Å². The van der Waals surface area contributed by atoms with Crippen molar-refractivity contribution in [2.24, 2.45) is 5.92 Å². The molecule has 0 N–H and O–H groups in total. The summed E-state index contributed by atoms with van der Waals surface area (Å²) in [7, 11) is 1.58. The molecule has 1 atom stereocenters. The Labute approximate surface area is 107 Å². The fourth-order valence-electron chi connectivity index (χ4n) is 1.67. The summed E-state index contributed by atoms with van der Waals surface area (Å²) in [6.07, 6.45) is 0.339. The van der Waals surface area contributed by atoms with Gasteiger partial charge < -0.3 is 9.47 Å². The van der Waals surface area contributed by atoms with Crippen molar-refractivity contribution in [3.8, 4) is 5.75 Å². The fourth-order valence-corrected chi connectivity index (χ4v) is 1.67. The molecule has 0 heterocycles. The minimum absolute atomic E-state index is 0.184. The molecule has 1 aromatic carbocycles. The van der Waals surface area contributed by atoms with Crippen LogP contribution in [0.15, 0.2) is 24.3 Å². The Balaban J connectivity index is 2.82. The van der Waals surface area contributed by atoms with Crippen LogP contribution in [0, 0.1) is 5.92 Å². The molecule has 4 heteroatoms. The van der Waals surface area contributed by atoms with Crippen LogP contribution in [0.3, 0.4) is 0 Å². The van der Waals surface area contributed by atoms with Crippen molar-refractivity contribution in [3.63, 3.8) is 0 Å². The number of rotatable bonds is 6. The average molecular weight is 250 g/mol. The van der Waals surface area contributed by atoms with Crippen LogP contribution in [0.2, 0.25) is 0 Å². The minimum Gasteiger partial charge on any atom is -0.497 e. The van der Waals surface area contributed by atoms with Crippen LogP contribution in [-0.4, -0.2) is 25.5 Å². The van der Waals surface area contributed by atoms with E-state index in [9.17, 15) is 9.59 Å². The molecular weight excluding hydrogens is 232 g/mol. The maximum atomic E-state index is 11.7. The van der Waals surface area contributed by atoms with Crippen LogP contribution in [0.25, 0.3) is 0 Å². The smallest absolute Gasteiger partial charge is 0.316 e. The molecule has 0 saturated heterocycles. The van der Waals surface area contributed by atoms with E-state index in [0.29, 0.717) is 12.2 Å². The van der Waals surface area contributed by atoms with Gasteiger partial charge in [-0.2, -0.15) is 0 Å². The second-order valence-electron chi connectivity index (χ2n) is 3.97. The summed E-state index contributed by atoms with van der Waals surface area (Å²) >= 11 is 0. The van der Waals surface area contributed by atoms with E-state index in [4.69, 9.17) is 9.47 Å². The fraction of sp³-hybridized carbons (Fsp3) is 0.429. The highest BCUT2D eigenvalue weighted by molar-refractivity contribution is 5.98. The zero-order chi connectivity index (χ0) is 13.5. The van der Waals surface area contributed by atoms with Crippen LogP contribution >= 0.6 is 0 Å². The molecule has 18 heavy (non-hydrogen) atoms. The Hall–Kier alpha value is -1.84. The third-order valence-electron chi connectivity index (χ3n) is 2.64. The van der Waals surface area contributed by atoms with Crippen LogP contribution in [0.5, 0.6) is 5.75 Å². The third kappa shape index (κ3) is 3.87. The zero-order valence-corrected chi connectivity index (χ0v) is 10.9. The molecule has 0 radical (unpaired) electrons. The number of ketones is 1. The van der Waals surface area contributed by atoms with E-state index < -0.39 is 11.9 Å². The molecule has 0 aromatic heterocycles. The van der Waals surface area contributed by atoms with Gasteiger partial charge in [-0.25, -0.2) is 0 Å². The summed E-state index contributed by atoms with van der Waals surface area (Å²) in [6, 6.07) is 7.32. The highest BCUT2D eigenvalue weighted by Gasteiger charge is 2.24. The summed E-state index contributed by atoms with van der Waals surface area (Å²) in [6.45, 7) is 3.41. The van der Waals surface area contributed by atoms with E-state index in [1.54, 1.807) is 14.0 Å². The van der Waals surface area contributed by atoms with Gasteiger partial charge in [-0.1, -0.05) is 12.1 Å². The maximum absolute atomic E-state index is 11.7. The standard InChI is InChI=1S/C14H18O4/c1-4-18-14(16)13(10(2)15)9-11-6-5-7-12(8-11)17-3/h5-8,13H,4,9H2,1-3H3. The number of benzene rings is 1. The van der Waals surface area contributed by atoms with Crippen LogP contribution in [-0.2, 0) is 20.7 Å². The first kappa shape index (κ1) is 14.2. The van der Waals surface area contributed by atoms with E-state index in [1.807, 2.05) is 24.3 Å². The summed E-state index contributed by atoms with van der Waals surface area (Å²) in [5, 5.41) is 0. The lowest BCUT2D eigenvalue weighted by atomic mass is 9.96. The van der Waals surface area contributed by atoms with Crippen molar-refractivity contribution in [1.82, 2.24) is 0 Å². The van der Waals surface area contributed by atoms with Crippen LogP contribution < -0.4 is 4.74 Å². The lowest BCUT2D eigenvalue weighted by Crippen LogP contribution is -2.26. The van der Waals surface area contributed by atoms with Gasteiger partial charge in [0.15, 0.2) is 0 Å². The van der Waals surface area contributed by atoms with Crippen molar-refractivity contribution in [2.45, 2.75) is 20.3 Å². The molecule has 0 fully saturated rings. The Kier molecular flexibility index (Phi) is 5.36. The maximum Gasteiger partial charge on any atom is 0.316 e. The number of hydrogen-bond donors (Lipinski definition) is 0. The van der Waals surface area contributed by atoms with E-state index in [1.165, 1.54) is 6.92 Å². The SMILES string of the molecule is CCOC(=O)C(Cc1cccc(OC)c1)C(C)=O. The van der Waals surface area contributed by atoms with Gasteiger partial charge >= 0.3 is 5.97 Å². The third-order valence-corrected chi connectivity index (χ3v) is 2.64. The molecule has 0 spiro atoms. The molecule has 0 aliphatic carbocycles. The number of methoxy groups -OCH3 is 1. The van der Waals surface area contributed by atoms with Gasteiger partial charge in [0, 0.05) is 0 Å². The number of hydrogen-bond acceptors (Lipinski definition) is 4. The number of carbonyl (C=O) groups excluding carboxylic acids is 2. The van der Waals surface area contributed by atoms with Gasteiger partial charge in [-0.3, -0.25) is 9.59 Å². The molecular formula is C14H18O4. The van der Waals surface area contributed by atoms with Crippen molar-refractivity contribution in [2.75, 3.05) is 13.7 Å². The molecule has 0 amide bonds. The minimum atomic E-state index is -0.739. The lowest BCUT2D eigenvalue weighted by Gasteiger charge is -2.13. The molecule has 0 saturated carbocycles. The molecule has 0 aliphatic heterocycles. The second-order valence-corrected chi connectivity index (χ2v) is 3.97. The topological polar surface area (TPSA) is 52.6 Å². The molecule has 4 nitrogen and oxygen atoms in total. The van der Waals surface area contributed by atoms with E-state index in [0.717, 1.165) is 5.56 Å². The van der Waals surface area contributed by atoms with Crippen molar-refractivity contribution >= 4 is 11.8 Å². The summed E-state index contributed by atoms with van der Waals surface area (Å²) in [5.74, 6) is -0.681. The lowest BCUT2D eigenvalue weighted by molar-refractivity contribution is -0.151. The van der Waals surface area contributed by atoms with Crippen LogP contribution in [0.4, 0.5) is 0 Å².